The molecule has 0 fully saturated rings. The summed E-state index contributed by atoms with van der Waals surface area (Å²) in [4.78, 5) is 0. The Labute approximate surface area is 101 Å². The van der Waals surface area contributed by atoms with Crippen molar-refractivity contribution in [2.45, 2.75) is 25.9 Å². The Bertz CT molecular complexity index is 352. The molecular weight excluding hydrogens is 220 g/mol. The molecule has 1 aromatic carbocycles. The Balaban J connectivity index is 1.98. The maximum absolute atomic E-state index is 10.0. The van der Waals surface area contributed by atoms with Crippen LogP contribution in [0.3, 0.4) is 0 Å². The number of aliphatic hydroxyl groups is 1. The van der Waals surface area contributed by atoms with E-state index in [0.29, 0.717) is 0 Å². The molecule has 16 heavy (non-hydrogen) atoms. The van der Waals surface area contributed by atoms with Gasteiger partial charge in [0.15, 0.2) is 0 Å². The number of hydrogen-bond acceptors (Lipinski definition) is 3. The molecule has 1 aliphatic heterocycles. The normalized spacial score (nSPS) is 15.6. The summed E-state index contributed by atoms with van der Waals surface area (Å²) in [7, 11) is 0. The van der Waals surface area contributed by atoms with Gasteiger partial charge in [-0.1, -0.05) is 13.0 Å². The van der Waals surface area contributed by atoms with Crippen LogP contribution in [0.5, 0.6) is 5.75 Å². The summed E-state index contributed by atoms with van der Waals surface area (Å²) in [6, 6.07) is 6.03. The maximum Gasteiger partial charge on any atom is 0.122 e. The van der Waals surface area contributed by atoms with Crippen LogP contribution in [0.15, 0.2) is 18.2 Å². The fourth-order valence-corrected chi connectivity index (χ4v) is 2.72. The van der Waals surface area contributed by atoms with Crippen LogP contribution in [0.4, 0.5) is 0 Å². The number of ether oxygens (including phenoxy) is 1. The lowest BCUT2D eigenvalue weighted by Crippen LogP contribution is -2.01. The van der Waals surface area contributed by atoms with Gasteiger partial charge >= 0.3 is 0 Å². The van der Waals surface area contributed by atoms with E-state index in [1.54, 1.807) is 0 Å². The topological polar surface area (TPSA) is 29.5 Å². The van der Waals surface area contributed by atoms with E-state index >= 15 is 0 Å². The van der Waals surface area contributed by atoms with Crippen molar-refractivity contribution < 1.29 is 9.84 Å². The first-order valence-corrected chi connectivity index (χ1v) is 6.98. The van der Waals surface area contributed by atoms with Crippen LogP contribution in [0.25, 0.3) is 0 Å². The minimum absolute atomic E-state index is 0.345. The molecule has 0 aromatic heterocycles. The minimum Gasteiger partial charge on any atom is -0.493 e. The molecule has 0 aliphatic carbocycles. The average molecular weight is 238 g/mol. The molecule has 0 radical (unpaired) electrons. The number of thioether (sulfide) groups is 1. The van der Waals surface area contributed by atoms with Gasteiger partial charge in [0.1, 0.15) is 5.75 Å². The van der Waals surface area contributed by atoms with Crippen molar-refractivity contribution in [2.24, 2.45) is 0 Å². The second kappa shape index (κ2) is 5.60. The summed E-state index contributed by atoms with van der Waals surface area (Å²) in [6.45, 7) is 2.94. The highest BCUT2D eigenvalue weighted by atomic mass is 32.2. The zero-order chi connectivity index (χ0) is 11.4. The lowest BCUT2D eigenvalue weighted by Gasteiger charge is -2.11. The first-order chi connectivity index (χ1) is 7.81. The monoisotopic (exact) mass is 238 g/mol. The molecule has 1 N–H and O–H groups in total. The summed E-state index contributed by atoms with van der Waals surface area (Å²) in [6.07, 6.45) is 1.79. The smallest absolute Gasteiger partial charge is 0.122 e. The molecule has 1 aliphatic rings. The van der Waals surface area contributed by atoms with Crippen molar-refractivity contribution in [1.82, 2.24) is 0 Å². The van der Waals surface area contributed by atoms with Crippen LogP contribution in [0, 0.1) is 0 Å². The molecule has 3 heteroatoms. The van der Waals surface area contributed by atoms with Gasteiger partial charge in [-0.15, -0.1) is 0 Å². The van der Waals surface area contributed by atoms with Gasteiger partial charge in [0, 0.05) is 12.2 Å². The zero-order valence-electron chi connectivity index (χ0n) is 9.61. The van der Waals surface area contributed by atoms with Gasteiger partial charge in [-0.2, -0.15) is 11.8 Å². The highest BCUT2D eigenvalue weighted by Gasteiger charge is 2.15. The van der Waals surface area contributed by atoms with E-state index in [1.807, 2.05) is 23.9 Å². The van der Waals surface area contributed by atoms with Crippen LogP contribution in [0.2, 0.25) is 0 Å². The Kier molecular flexibility index (Phi) is 4.13. The second-order valence-corrected chi connectivity index (χ2v) is 5.21. The third-order valence-electron chi connectivity index (χ3n) is 2.72. The van der Waals surface area contributed by atoms with Crippen molar-refractivity contribution in [3.63, 3.8) is 0 Å². The number of aliphatic hydroxyl groups excluding tert-OH is 1. The molecule has 2 nitrogen and oxygen atoms in total. The number of fused-ring (bicyclic) bond motifs is 1. The van der Waals surface area contributed by atoms with E-state index in [9.17, 15) is 5.11 Å². The third kappa shape index (κ3) is 2.71. The van der Waals surface area contributed by atoms with Crippen LogP contribution in [-0.4, -0.2) is 23.2 Å². The zero-order valence-corrected chi connectivity index (χ0v) is 10.4. The molecule has 0 saturated heterocycles. The van der Waals surface area contributed by atoms with E-state index in [1.165, 1.54) is 5.56 Å². The van der Waals surface area contributed by atoms with Crippen molar-refractivity contribution in [2.75, 3.05) is 18.1 Å². The lowest BCUT2D eigenvalue weighted by molar-refractivity contribution is 0.204. The molecular formula is C13H18O2S. The van der Waals surface area contributed by atoms with Gasteiger partial charge < -0.3 is 9.84 Å². The van der Waals surface area contributed by atoms with Gasteiger partial charge in [-0.05, 0) is 35.4 Å². The third-order valence-corrected chi connectivity index (χ3v) is 3.97. The van der Waals surface area contributed by atoms with Gasteiger partial charge in [0.25, 0.3) is 0 Å². The first-order valence-electron chi connectivity index (χ1n) is 5.82. The molecule has 1 unspecified atom stereocenters. The standard InChI is InChI=1S/C13H18O2S/c1-2-7-16-9-12(14)10-3-4-13-11(8-10)5-6-15-13/h3-4,8,12,14H,2,5-7,9H2,1H3. The molecule has 2 rings (SSSR count). The molecule has 0 saturated carbocycles. The Morgan fingerprint density at radius 2 is 2.38 bits per heavy atom. The Morgan fingerprint density at radius 3 is 3.19 bits per heavy atom. The molecule has 1 aromatic rings. The molecule has 88 valence electrons. The fraction of sp³-hybridized carbons (Fsp3) is 0.538. The number of benzene rings is 1. The van der Waals surface area contributed by atoms with Crippen molar-refractivity contribution in [3.05, 3.63) is 29.3 Å². The van der Waals surface area contributed by atoms with Crippen LogP contribution in [-0.2, 0) is 6.42 Å². The summed E-state index contributed by atoms with van der Waals surface area (Å²) < 4.78 is 5.44. The minimum atomic E-state index is -0.345. The van der Waals surface area contributed by atoms with Crippen molar-refractivity contribution in [1.29, 1.82) is 0 Å². The average Bonchev–Trinajstić information content (AvgIpc) is 2.76. The highest BCUT2D eigenvalue weighted by molar-refractivity contribution is 7.99. The molecule has 1 atom stereocenters. The quantitative estimate of drug-likeness (QED) is 0.800. The van der Waals surface area contributed by atoms with Crippen LogP contribution in [0.1, 0.15) is 30.6 Å². The predicted molar refractivity (Wildman–Crippen MR) is 68.2 cm³/mol. The summed E-state index contributed by atoms with van der Waals surface area (Å²) in [5, 5.41) is 10.0. The van der Waals surface area contributed by atoms with E-state index < -0.39 is 0 Å². The van der Waals surface area contributed by atoms with Crippen molar-refractivity contribution >= 4 is 11.8 Å². The second-order valence-electron chi connectivity index (χ2n) is 4.06. The number of hydrogen-bond donors (Lipinski definition) is 1. The predicted octanol–water partition coefficient (Wildman–Crippen LogP) is 2.80. The van der Waals surface area contributed by atoms with Crippen LogP contribution < -0.4 is 4.74 Å². The molecule has 1 heterocycles. The summed E-state index contributed by atoms with van der Waals surface area (Å²) in [5.41, 5.74) is 2.25. The van der Waals surface area contributed by atoms with E-state index in [4.69, 9.17) is 4.74 Å². The number of rotatable bonds is 5. The van der Waals surface area contributed by atoms with Gasteiger partial charge in [-0.3, -0.25) is 0 Å². The van der Waals surface area contributed by atoms with Crippen molar-refractivity contribution in [3.8, 4) is 5.75 Å². The van der Waals surface area contributed by atoms with Gasteiger partial charge in [-0.25, -0.2) is 0 Å². The SMILES string of the molecule is CCCSCC(O)c1ccc2c(c1)CCO2. The lowest BCUT2D eigenvalue weighted by atomic mass is 10.1. The van der Waals surface area contributed by atoms with E-state index in [-0.39, 0.29) is 6.10 Å². The first kappa shape index (κ1) is 11.8. The van der Waals surface area contributed by atoms with Gasteiger partial charge in [0.05, 0.1) is 12.7 Å². The van der Waals surface area contributed by atoms with E-state index in [2.05, 4.69) is 13.0 Å². The molecule has 0 amide bonds. The van der Waals surface area contributed by atoms with Crippen LogP contribution >= 0.6 is 11.8 Å². The summed E-state index contributed by atoms with van der Waals surface area (Å²) >= 11 is 1.81. The fourth-order valence-electron chi connectivity index (χ4n) is 1.85. The Hall–Kier alpha value is -0.670. The molecule has 0 spiro atoms. The Morgan fingerprint density at radius 1 is 1.50 bits per heavy atom. The van der Waals surface area contributed by atoms with Gasteiger partial charge in [0.2, 0.25) is 0 Å². The summed E-state index contributed by atoms with van der Waals surface area (Å²) in [5.74, 6) is 2.88. The van der Waals surface area contributed by atoms with E-state index in [0.717, 1.165) is 42.3 Å². The highest BCUT2D eigenvalue weighted by Crippen LogP contribution is 2.29. The molecule has 0 bridgehead atoms. The largest absolute Gasteiger partial charge is 0.493 e. The maximum atomic E-state index is 10.0.